The van der Waals surface area contributed by atoms with Crippen LogP contribution in [-0.2, 0) is 0 Å². The molecule has 0 bridgehead atoms. The van der Waals surface area contributed by atoms with Gasteiger partial charge < -0.3 is 4.90 Å². The number of benzene rings is 3. The van der Waals surface area contributed by atoms with Crippen LogP contribution in [-0.4, -0.2) is 46.1 Å². The van der Waals surface area contributed by atoms with Gasteiger partial charge in [0.05, 0.1) is 23.9 Å². The Balaban J connectivity index is 1.42. The summed E-state index contributed by atoms with van der Waals surface area (Å²) in [5, 5.41) is 5.03. The standard InChI is InChI=1S/C24H18F2N4O2/c25-17-6-3-5-16(13-17)23(31)15-28-11-12-29(24(28)32)20-9-4-10-21-18(20)14-27-30(21)22-8-2-1-7-19(22)26/h1-10,13-14H,11-12,15H2. The number of ketones is 1. The molecule has 0 atom stereocenters. The fourth-order valence-electron chi connectivity index (χ4n) is 3.97. The summed E-state index contributed by atoms with van der Waals surface area (Å²) in [5.41, 5.74) is 1.84. The molecular weight excluding hydrogens is 414 g/mol. The van der Waals surface area contributed by atoms with E-state index in [-0.39, 0.29) is 23.9 Å². The Morgan fingerprint density at radius 3 is 2.53 bits per heavy atom. The molecule has 1 aliphatic heterocycles. The fraction of sp³-hybridized carbons (Fsp3) is 0.125. The molecule has 160 valence electrons. The maximum Gasteiger partial charge on any atom is 0.325 e. The van der Waals surface area contributed by atoms with Crippen molar-refractivity contribution in [1.29, 1.82) is 0 Å². The van der Waals surface area contributed by atoms with Crippen LogP contribution in [0.15, 0.2) is 72.9 Å². The number of carbonyl (C=O) groups excluding carboxylic acids is 2. The normalized spacial score (nSPS) is 13.9. The highest BCUT2D eigenvalue weighted by atomic mass is 19.1. The zero-order chi connectivity index (χ0) is 22.2. The summed E-state index contributed by atoms with van der Waals surface area (Å²) in [7, 11) is 0. The summed E-state index contributed by atoms with van der Waals surface area (Å²) < 4.78 is 29.2. The van der Waals surface area contributed by atoms with Crippen molar-refractivity contribution in [3.8, 4) is 5.69 Å². The zero-order valence-corrected chi connectivity index (χ0v) is 16.9. The van der Waals surface area contributed by atoms with Gasteiger partial charge in [-0.15, -0.1) is 0 Å². The van der Waals surface area contributed by atoms with E-state index in [2.05, 4.69) is 5.10 Å². The van der Waals surface area contributed by atoms with Crippen molar-refractivity contribution >= 4 is 28.4 Å². The first-order valence-corrected chi connectivity index (χ1v) is 10.1. The van der Waals surface area contributed by atoms with Crippen LogP contribution >= 0.6 is 0 Å². The lowest BCUT2D eigenvalue weighted by Crippen LogP contribution is -2.35. The van der Waals surface area contributed by atoms with Crippen molar-refractivity contribution in [2.75, 3.05) is 24.5 Å². The average molecular weight is 432 g/mol. The summed E-state index contributed by atoms with van der Waals surface area (Å²) in [5.74, 6) is -1.23. The van der Waals surface area contributed by atoms with E-state index >= 15 is 0 Å². The lowest BCUT2D eigenvalue weighted by atomic mass is 10.1. The van der Waals surface area contributed by atoms with Crippen molar-refractivity contribution in [2.24, 2.45) is 0 Å². The number of fused-ring (bicyclic) bond motifs is 1. The Kier molecular flexibility index (Phi) is 4.89. The zero-order valence-electron chi connectivity index (χ0n) is 16.9. The number of amides is 2. The Morgan fingerprint density at radius 2 is 1.72 bits per heavy atom. The molecular formula is C24H18F2N4O2. The van der Waals surface area contributed by atoms with E-state index < -0.39 is 11.6 Å². The fourth-order valence-corrected chi connectivity index (χ4v) is 3.97. The van der Waals surface area contributed by atoms with Gasteiger partial charge in [0.15, 0.2) is 5.78 Å². The molecule has 32 heavy (non-hydrogen) atoms. The largest absolute Gasteiger partial charge is 0.325 e. The molecule has 1 saturated heterocycles. The lowest BCUT2D eigenvalue weighted by molar-refractivity contribution is 0.0954. The van der Waals surface area contributed by atoms with Gasteiger partial charge in [0.2, 0.25) is 0 Å². The Bertz CT molecular complexity index is 1350. The molecule has 1 aromatic heterocycles. The van der Waals surface area contributed by atoms with E-state index in [1.54, 1.807) is 41.4 Å². The average Bonchev–Trinajstić information content (AvgIpc) is 3.38. The van der Waals surface area contributed by atoms with Crippen molar-refractivity contribution in [3.05, 3.63) is 90.1 Å². The van der Waals surface area contributed by atoms with E-state index in [4.69, 9.17) is 0 Å². The Morgan fingerprint density at radius 1 is 0.938 bits per heavy atom. The molecule has 0 spiro atoms. The first-order valence-electron chi connectivity index (χ1n) is 10.1. The summed E-state index contributed by atoms with van der Waals surface area (Å²) in [6.07, 6.45) is 1.60. The molecule has 0 aliphatic carbocycles. The number of rotatable bonds is 5. The van der Waals surface area contributed by atoms with Crippen LogP contribution in [0.25, 0.3) is 16.6 Å². The quantitative estimate of drug-likeness (QED) is 0.439. The second kappa shape index (κ2) is 7.88. The molecule has 8 heteroatoms. The molecule has 0 unspecified atom stereocenters. The minimum Gasteiger partial charge on any atom is -0.315 e. The number of anilines is 1. The van der Waals surface area contributed by atoms with Crippen LogP contribution in [0.1, 0.15) is 10.4 Å². The molecule has 0 N–H and O–H groups in total. The van der Waals surface area contributed by atoms with Gasteiger partial charge in [-0.3, -0.25) is 9.69 Å². The van der Waals surface area contributed by atoms with Gasteiger partial charge in [-0.1, -0.05) is 30.3 Å². The van der Waals surface area contributed by atoms with E-state index in [9.17, 15) is 18.4 Å². The monoisotopic (exact) mass is 432 g/mol. The molecule has 1 aliphatic rings. The Hall–Kier alpha value is -4.07. The lowest BCUT2D eigenvalue weighted by Gasteiger charge is -2.19. The number of carbonyl (C=O) groups is 2. The molecule has 4 aromatic rings. The van der Waals surface area contributed by atoms with E-state index in [0.717, 1.165) is 0 Å². The van der Waals surface area contributed by atoms with Crippen LogP contribution in [0.3, 0.4) is 0 Å². The van der Waals surface area contributed by atoms with Gasteiger partial charge in [-0.25, -0.2) is 18.3 Å². The highest BCUT2D eigenvalue weighted by molar-refractivity contribution is 6.06. The third-order valence-corrected chi connectivity index (χ3v) is 5.54. The van der Waals surface area contributed by atoms with Crippen LogP contribution in [0.4, 0.5) is 19.3 Å². The summed E-state index contributed by atoms with van der Waals surface area (Å²) in [6, 6.07) is 16.8. The minimum atomic E-state index is -0.497. The van der Waals surface area contributed by atoms with Crippen molar-refractivity contribution < 1.29 is 18.4 Å². The van der Waals surface area contributed by atoms with Gasteiger partial charge in [-0.2, -0.15) is 5.10 Å². The maximum atomic E-state index is 14.3. The van der Waals surface area contributed by atoms with Crippen LogP contribution in [0.5, 0.6) is 0 Å². The summed E-state index contributed by atoms with van der Waals surface area (Å²) in [6.45, 7) is 0.611. The second-order valence-electron chi connectivity index (χ2n) is 7.51. The number of nitrogens with zero attached hydrogens (tertiary/aromatic N) is 4. The number of Topliss-reactive ketones (excluding diaryl/α,β-unsaturated/α-hetero) is 1. The molecule has 3 aromatic carbocycles. The van der Waals surface area contributed by atoms with Gasteiger partial charge in [-0.05, 0) is 36.4 Å². The van der Waals surface area contributed by atoms with Crippen LogP contribution in [0.2, 0.25) is 0 Å². The van der Waals surface area contributed by atoms with Gasteiger partial charge in [0, 0.05) is 24.0 Å². The van der Waals surface area contributed by atoms with E-state index in [0.29, 0.717) is 35.4 Å². The van der Waals surface area contributed by atoms with Crippen molar-refractivity contribution in [2.45, 2.75) is 0 Å². The first-order chi connectivity index (χ1) is 15.5. The molecule has 5 rings (SSSR count). The molecule has 1 fully saturated rings. The number of hydrogen-bond donors (Lipinski definition) is 0. The highest BCUT2D eigenvalue weighted by Crippen LogP contribution is 2.31. The van der Waals surface area contributed by atoms with Crippen molar-refractivity contribution in [3.63, 3.8) is 0 Å². The van der Waals surface area contributed by atoms with E-state index in [1.807, 2.05) is 6.07 Å². The third kappa shape index (κ3) is 3.39. The smallest absolute Gasteiger partial charge is 0.315 e. The molecule has 2 amide bonds. The van der Waals surface area contributed by atoms with Gasteiger partial charge >= 0.3 is 6.03 Å². The topological polar surface area (TPSA) is 58.4 Å². The highest BCUT2D eigenvalue weighted by Gasteiger charge is 2.32. The molecule has 0 radical (unpaired) electrons. The third-order valence-electron chi connectivity index (χ3n) is 5.54. The second-order valence-corrected chi connectivity index (χ2v) is 7.51. The van der Waals surface area contributed by atoms with Crippen LogP contribution < -0.4 is 4.90 Å². The molecule has 0 saturated carbocycles. The number of aromatic nitrogens is 2. The SMILES string of the molecule is O=C(CN1CCN(c2cccc3c2cnn3-c2ccccc2F)C1=O)c1cccc(F)c1. The maximum absolute atomic E-state index is 14.3. The summed E-state index contributed by atoms with van der Waals surface area (Å²) >= 11 is 0. The minimum absolute atomic E-state index is 0.136. The first kappa shape index (κ1) is 19.9. The number of hydrogen-bond acceptors (Lipinski definition) is 3. The Labute approximate surface area is 182 Å². The number of urea groups is 1. The summed E-state index contributed by atoms with van der Waals surface area (Å²) in [4.78, 5) is 28.6. The van der Waals surface area contributed by atoms with Crippen LogP contribution in [0, 0.1) is 11.6 Å². The van der Waals surface area contributed by atoms with Gasteiger partial charge in [0.1, 0.15) is 17.3 Å². The van der Waals surface area contributed by atoms with Gasteiger partial charge in [0.25, 0.3) is 0 Å². The predicted octanol–water partition coefficient (Wildman–Crippen LogP) is 4.43. The number of halogens is 2. The predicted molar refractivity (Wildman–Crippen MR) is 116 cm³/mol. The van der Waals surface area contributed by atoms with Crippen molar-refractivity contribution in [1.82, 2.24) is 14.7 Å². The number of para-hydroxylation sites is 1. The molecule has 2 heterocycles. The molecule has 6 nitrogen and oxygen atoms in total. The van der Waals surface area contributed by atoms with E-state index in [1.165, 1.54) is 39.9 Å².